The second kappa shape index (κ2) is 6.61. The summed E-state index contributed by atoms with van der Waals surface area (Å²) in [5.41, 5.74) is 0.894. The van der Waals surface area contributed by atoms with E-state index in [1.54, 1.807) is 31.2 Å². The van der Waals surface area contributed by atoms with Gasteiger partial charge < -0.3 is 20.3 Å². The first-order valence-corrected chi connectivity index (χ1v) is 5.38. The Labute approximate surface area is 104 Å². The number of ether oxygens (including phenoxy) is 1. The molecule has 0 aliphatic heterocycles. The number of carboxylic acid groups (broad SMARTS) is 2. The van der Waals surface area contributed by atoms with E-state index in [-0.39, 0.29) is 6.61 Å². The average Bonchev–Trinajstić information content (AvgIpc) is 2.34. The van der Waals surface area contributed by atoms with Crippen LogP contribution in [0.1, 0.15) is 12.5 Å². The van der Waals surface area contributed by atoms with Gasteiger partial charge in [0.2, 0.25) is 0 Å². The summed E-state index contributed by atoms with van der Waals surface area (Å²) in [6.45, 7) is 1.60. The summed E-state index contributed by atoms with van der Waals surface area (Å²) >= 11 is 0. The predicted molar refractivity (Wildman–Crippen MR) is 63.5 cm³/mol. The van der Waals surface area contributed by atoms with Crippen LogP contribution >= 0.6 is 0 Å². The quantitative estimate of drug-likeness (QED) is 0.662. The van der Waals surface area contributed by atoms with Crippen LogP contribution in [0.15, 0.2) is 24.3 Å². The lowest BCUT2D eigenvalue weighted by Gasteiger charge is -2.09. The molecule has 0 bridgehead atoms. The van der Waals surface area contributed by atoms with Gasteiger partial charge in [0.05, 0.1) is 0 Å². The fourth-order valence-electron chi connectivity index (χ4n) is 1.21. The summed E-state index contributed by atoms with van der Waals surface area (Å²) in [6.07, 6.45) is 0. The van der Waals surface area contributed by atoms with E-state index < -0.39 is 18.0 Å². The average molecular weight is 253 g/mol. The molecule has 0 aliphatic carbocycles. The lowest BCUT2D eigenvalue weighted by Crippen LogP contribution is -2.33. The Bertz CT molecular complexity index is 415. The normalized spacial score (nSPS) is 11.8. The van der Waals surface area contributed by atoms with Crippen LogP contribution in [0, 0.1) is 0 Å². The first kappa shape index (κ1) is 14.0. The van der Waals surface area contributed by atoms with Crippen molar-refractivity contribution in [2.75, 3.05) is 6.61 Å². The summed E-state index contributed by atoms with van der Waals surface area (Å²) in [7, 11) is 0. The molecule has 6 nitrogen and oxygen atoms in total. The van der Waals surface area contributed by atoms with E-state index in [1.807, 2.05) is 0 Å². The second-order valence-corrected chi connectivity index (χ2v) is 3.77. The lowest BCUT2D eigenvalue weighted by atomic mass is 10.2. The van der Waals surface area contributed by atoms with Crippen LogP contribution in [-0.4, -0.2) is 34.8 Å². The minimum absolute atomic E-state index is 0.381. The topological polar surface area (TPSA) is 95.9 Å². The number of nitrogens with one attached hydrogen (secondary N) is 1. The van der Waals surface area contributed by atoms with Crippen molar-refractivity contribution in [1.82, 2.24) is 5.32 Å². The zero-order chi connectivity index (χ0) is 13.5. The van der Waals surface area contributed by atoms with E-state index in [9.17, 15) is 9.59 Å². The van der Waals surface area contributed by atoms with Crippen LogP contribution in [0.5, 0.6) is 5.75 Å². The van der Waals surface area contributed by atoms with Crippen molar-refractivity contribution in [1.29, 1.82) is 0 Å². The van der Waals surface area contributed by atoms with Crippen LogP contribution in [0.3, 0.4) is 0 Å². The molecule has 6 heteroatoms. The molecule has 0 saturated carbocycles. The number of rotatable bonds is 7. The highest BCUT2D eigenvalue weighted by Crippen LogP contribution is 2.12. The van der Waals surface area contributed by atoms with Crippen molar-refractivity contribution in [2.45, 2.75) is 19.5 Å². The van der Waals surface area contributed by atoms with Gasteiger partial charge in [-0.3, -0.25) is 4.79 Å². The van der Waals surface area contributed by atoms with Crippen LogP contribution in [-0.2, 0) is 16.1 Å². The molecule has 18 heavy (non-hydrogen) atoms. The molecule has 0 radical (unpaired) electrons. The third-order valence-electron chi connectivity index (χ3n) is 2.27. The van der Waals surface area contributed by atoms with Crippen molar-refractivity contribution >= 4 is 11.9 Å². The Kier molecular flexibility index (Phi) is 5.13. The molecule has 0 heterocycles. The predicted octanol–water partition coefficient (Wildman–Crippen LogP) is 0.713. The van der Waals surface area contributed by atoms with Crippen molar-refractivity contribution in [2.24, 2.45) is 0 Å². The molecule has 1 rings (SSSR count). The number of hydrogen-bond donors (Lipinski definition) is 3. The fraction of sp³-hybridized carbons (Fsp3) is 0.333. The highest BCUT2D eigenvalue weighted by Gasteiger charge is 2.09. The van der Waals surface area contributed by atoms with Gasteiger partial charge >= 0.3 is 11.9 Å². The lowest BCUT2D eigenvalue weighted by molar-refractivity contribution is -0.140. The molecule has 1 aromatic carbocycles. The van der Waals surface area contributed by atoms with Crippen LogP contribution in [0.25, 0.3) is 0 Å². The SMILES string of the molecule is C[C@@H](NCc1ccc(OCC(=O)O)cc1)C(=O)O. The van der Waals surface area contributed by atoms with E-state index in [1.165, 1.54) is 0 Å². The highest BCUT2D eigenvalue weighted by atomic mass is 16.5. The number of hydrogen-bond acceptors (Lipinski definition) is 4. The Balaban J connectivity index is 2.45. The molecule has 0 unspecified atom stereocenters. The Morgan fingerprint density at radius 3 is 2.39 bits per heavy atom. The van der Waals surface area contributed by atoms with E-state index in [4.69, 9.17) is 14.9 Å². The fourth-order valence-corrected chi connectivity index (χ4v) is 1.21. The zero-order valence-corrected chi connectivity index (χ0v) is 9.92. The minimum atomic E-state index is -1.03. The van der Waals surface area contributed by atoms with Gasteiger partial charge in [-0.2, -0.15) is 0 Å². The summed E-state index contributed by atoms with van der Waals surface area (Å²) in [5.74, 6) is -1.47. The van der Waals surface area contributed by atoms with Gasteiger partial charge in [-0.1, -0.05) is 12.1 Å². The van der Waals surface area contributed by atoms with Crippen LogP contribution < -0.4 is 10.1 Å². The maximum Gasteiger partial charge on any atom is 0.341 e. The molecule has 0 fully saturated rings. The standard InChI is InChI=1S/C12H15NO5/c1-8(12(16)17)13-6-9-2-4-10(5-3-9)18-7-11(14)15/h2-5,8,13H,6-7H2,1H3,(H,14,15)(H,16,17)/t8-/m1/s1. The largest absolute Gasteiger partial charge is 0.482 e. The van der Waals surface area contributed by atoms with E-state index in [2.05, 4.69) is 5.32 Å². The van der Waals surface area contributed by atoms with Gasteiger partial charge in [-0.25, -0.2) is 4.79 Å². The van der Waals surface area contributed by atoms with Gasteiger partial charge in [0.15, 0.2) is 6.61 Å². The Morgan fingerprint density at radius 1 is 1.28 bits per heavy atom. The summed E-state index contributed by atoms with van der Waals surface area (Å²) in [4.78, 5) is 20.9. The van der Waals surface area contributed by atoms with Crippen molar-refractivity contribution < 1.29 is 24.5 Å². The summed E-state index contributed by atoms with van der Waals surface area (Å²) in [6, 6.07) is 6.17. The zero-order valence-electron chi connectivity index (χ0n) is 9.92. The minimum Gasteiger partial charge on any atom is -0.482 e. The summed E-state index contributed by atoms with van der Waals surface area (Å²) in [5, 5.41) is 20.0. The van der Waals surface area contributed by atoms with Crippen molar-refractivity contribution in [3.05, 3.63) is 29.8 Å². The van der Waals surface area contributed by atoms with Gasteiger partial charge in [0, 0.05) is 6.54 Å². The van der Waals surface area contributed by atoms with Crippen LogP contribution in [0.2, 0.25) is 0 Å². The molecule has 1 atom stereocenters. The molecule has 98 valence electrons. The first-order chi connectivity index (χ1) is 8.49. The van der Waals surface area contributed by atoms with Gasteiger partial charge in [0.1, 0.15) is 11.8 Å². The molecule has 0 spiro atoms. The Hall–Kier alpha value is -2.08. The van der Waals surface area contributed by atoms with E-state index in [0.717, 1.165) is 5.56 Å². The number of carboxylic acids is 2. The number of aliphatic carboxylic acids is 2. The molecule has 3 N–H and O–H groups in total. The molecule has 1 aromatic rings. The van der Waals surface area contributed by atoms with Crippen LogP contribution in [0.4, 0.5) is 0 Å². The van der Waals surface area contributed by atoms with E-state index in [0.29, 0.717) is 12.3 Å². The Morgan fingerprint density at radius 2 is 1.89 bits per heavy atom. The maximum absolute atomic E-state index is 10.6. The van der Waals surface area contributed by atoms with Crippen molar-refractivity contribution in [3.63, 3.8) is 0 Å². The van der Waals surface area contributed by atoms with Gasteiger partial charge in [-0.15, -0.1) is 0 Å². The molecule has 0 aliphatic rings. The molecular weight excluding hydrogens is 238 g/mol. The van der Waals surface area contributed by atoms with Gasteiger partial charge in [-0.05, 0) is 24.6 Å². The maximum atomic E-state index is 10.6. The number of benzene rings is 1. The first-order valence-electron chi connectivity index (χ1n) is 5.38. The molecule has 0 aromatic heterocycles. The second-order valence-electron chi connectivity index (χ2n) is 3.77. The highest BCUT2D eigenvalue weighted by molar-refractivity contribution is 5.72. The third-order valence-corrected chi connectivity index (χ3v) is 2.27. The van der Waals surface area contributed by atoms with Gasteiger partial charge in [0.25, 0.3) is 0 Å². The smallest absolute Gasteiger partial charge is 0.341 e. The van der Waals surface area contributed by atoms with E-state index >= 15 is 0 Å². The summed E-state index contributed by atoms with van der Waals surface area (Å²) < 4.78 is 4.97. The molecular formula is C12H15NO5. The molecule has 0 saturated heterocycles. The third kappa shape index (κ3) is 4.84. The van der Waals surface area contributed by atoms with Crippen molar-refractivity contribution in [3.8, 4) is 5.75 Å². The molecule has 0 amide bonds. The number of carbonyl (C=O) groups is 2. The monoisotopic (exact) mass is 253 g/mol.